The van der Waals surface area contributed by atoms with Gasteiger partial charge in [-0.05, 0) is 38.1 Å². The van der Waals surface area contributed by atoms with Crippen molar-refractivity contribution in [3.8, 4) is 5.75 Å². The molecule has 0 amide bonds. The summed E-state index contributed by atoms with van der Waals surface area (Å²) in [5.41, 5.74) is 1.79. The van der Waals surface area contributed by atoms with Crippen LogP contribution in [0.3, 0.4) is 0 Å². The topological polar surface area (TPSA) is 60.8 Å². The number of hydrogen-bond donors (Lipinski definition) is 0. The number of carbonyl (C=O) groups is 1. The van der Waals surface area contributed by atoms with Crippen LogP contribution < -0.4 is 4.74 Å². The van der Waals surface area contributed by atoms with E-state index in [1.807, 2.05) is 6.92 Å². The molecule has 1 heterocycles. The molecule has 0 N–H and O–H groups in total. The number of pyridine rings is 1. The fraction of sp³-hybridized carbons (Fsp3) is 0.188. The van der Waals surface area contributed by atoms with Gasteiger partial charge in [0.05, 0.1) is 12.3 Å². The van der Waals surface area contributed by atoms with Crippen LogP contribution in [0.25, 0.3) is 0 Å². The van der Waals surface area contributed by atoms with Crippen molar-refractivity contribution in [2.24, 2.45) is 5.16 Å². The molecule has 1 aromatic carbocycles. The number of oxime groups is 1. The van der Waals surface area contributed by atoms with Crippen LogP contribution in [0.4, 0.5) is 0 Å². The summed E-state index contributed by atoms with van der Waals surface area (Å²) >= 11 is 0. The second-order valence-corrected chi connectivity index (χ2v) is 4.22. The molecule has 0 fully saturated rings. The summed E-state index contributed by atoms with van der Waals surface area (Å²) in [7, 11) is 0. The number of rotatable bonds is 5. The molecule has 0 unspecified atom stereocenters. The quantitative estimate of drug-likeness (QED) is 0.481. The first kappa shape index (κ1) is 14.7. The van der Waals surface area contributed by atoms with Crippen LogP contribution in [0.5, 0.6) is 5.75 Å². The zero-order chi connectivity index (χ0) is 15.1. The minimum Gasteiger partial charge on any atom is -0.493 e. The third kappa shape index (κ3) is 3.89. The molecule has 0 aliphatic heterocycles. The van der Waals surface area contributed by atoms with E-state index in [2.05, 4.69) is 10.1 Å². The number of benzene rings is 1. The van der Waals surface area contributed by atoms with Gasteiger partial charge >= 0.3 is 5.97 Å². The number of carbonyl (C=O) groups excluding carboxylic acids is 1. The monoisotopic (exact) mass is 284 g/mol. The van der Waals surface area contributed by atoms with Crippen LogP contribution >= 0.6 is 0 Å². The standard InChI is InChI=1S/C16H16N2O3/c1-3-20-15-7-5-4-6-14(15)16(19)21-18-12(2)13-8-10-17-11-9-13/h4-11H,3H2,1-2H3/b18-12+. The molecule has 21 heavy (non-hydrogen) atoms. The molecule has 108 valence electrons. The second-order valence-electron chi connectivity index (χ2n) is 4.22. The van der Waals surface area contributed by atoms with Crippen LogP contribution in [0.15, 0.2) is 53.9 Å². The van der Waals surface area contributed by atoms with Crippen molar-refractivity contribution in [2.45, 2.75) is 13.8 Å². The van der Waals surface area contributed by atoms with Gasteiger partial charge < -0.3 is 9.57 Å². The van der Waals surface area contributed by atoms with E-state index in [1.54, 1.807) is 55.7 Å². The van der Waals surface area contributed by atoms with Crippen LogP contribution in [-0.2, 0) is 4.84 Å². The summed E-state index contributed by atoms with van der Waals surface area (Å²) in [6.45, 7) is 4.09. The van der Waals surface area contributed by atoms with Crippen molar-refractivity contribution in [1.82, 2.24) is 4.98 Å². The highest BCUT2D eigenvalue weighted by Crippen LogP contribution is 2.19. The average Bonchev–Trinajstić information content (AvgIpc) is 2.54. The molecule has 0 saturated heterocycles. The number of aromatic nitrogens is 1. The lowest BCUT2D eigenvalue weighted by Crippen LogP contribution is -2.06. The van der Waals surface area contributed by atoms with Gasteiger partial charge in [0.15, 0.2) is 0 Å². The van der Waals surface area contributed by atoms with Crippen LogP contribution in [-0.4, -0.2) is 23.3 Å². The Hall–Kier alpha value is -2.69. The third-order valence-corrected chi connectivity index (χ3v) is 2.77. The first-order chi connectivity index (χ1) is 10.2. The van der Waals surface area contributed by atoms with Crippen LogP contribution in [0.2, 0.25) is 0 Å². The van der Waals surface area contributed by atoms with Gasteiger partial charge in [0.25, 0.3) is 0 Å². The molecular weight excluding hydrogens is 268 g/mol. The van der Waals surface area contributed by atoms with E-state index < -0.39 is 5.97 Å². The zero-order valence-corrected chi connectivity index (χ0v) is 11.9. The van der Waals surface area contributed by atoms with Crippen LogP contribution in [0, 0.1) is 0 Å². The van der Waals surface area contributed by atoms with E-state index in [0.717, 1.165) is 5.56 Å². The Morgan fingerprint density at radius 3 is 2.62 bits per heavy atom. The fourth-order valence-corrected chi connectivity index (χ4v) is 1.72. The highest BCUT2D eigenvalue weighted by Gasteiger charge is 2.13. The normalized spacial score (nSPS) is 11.0. The Morgan fingerprint density at radius 2 is 1.90 bits per heavy atom. The lowest BCUT2D eigenvalue weighted by atomic mass is 10.2. The van der Waals surface area contributed by atoms with Gasteiger partial charge in [-0.25, -0.2) is 4.79 Å². The lowest BCUT2D eigenvalue weighted by molar-refractivity contribution is 0.0512. The summed E-state index contributed by atoms with van der Waals surface area (Å²) in [5.74, 6) is -0.0609. The van der Waals surface area contributed by atoms with E-state index in [0.29, 0.717) is 23.6 Å². The third-order valence-electron chi connectivity index (χ3n) is 2.77. The van der Waals surface area contributed by atoms with Crippen molar-refractivity contribution in [2.75, 3.05) is 6.61 Å². The van der Waals surface area contributed by atoms with E-state index in [9.17, 15) is 4.79 Å². The number of hydrogen-bond acceptors (Lipinski definition) is 5. The lowest BCUT2D eigenvalue weighted by Gasteiger charge is -2.07. The molecule has 0 spiro atoms. The van der Waals surface area contributed by atoms with Gasteiger partial charge in [-0.1, -0.05) is 17.3 Å². The Balaban J connectivity index is 2.12. The van der Waals surface area contributed by atoms with Gasteiger partial charge in [0.2, 0.25) is 0 Å². The minimum atomic E-state index is -0.549. The van der Waals surface area contributed by atoms with Gasteiger partial charge in [-0.2, -0.15) is 0 Å². The Labute approximate surface area is 123 Å². The molecule has 0 saturated carbocycles. The van der Waals surface area contributed by atoms with Crippen molar-refractivity contribution in [3.63, 3.8) is 0 Å². The summed E-state index contributed by atoms with van der Waals surface area (Å²) in [6.07, 6.45) is 3.31. The molecule has 5 heteroatoms. The van der Waals surface area contributed by atoms with E-state index in [1.165, 1.54) is 0 Å². The summed E-state index contributed by atoms with van der Waals surface area (Å²) < 4.78 is 5.39. The SMILES string of the molecule is CCOc1ccccc1C(=O)O/N=C(\C)c1ccncc1. The van der Waals surface area contributed by atoms with E-state index in [-0.39, 0.29) is 0 Å². The molecule has 2 rings (SSSR count). The second kappa shape index (κ2) is 7.19. The molecule has 0 radical (unpaired) electrons. The van der Waals surface area contributed by atoms with Crippen LogP contribution in [0.1, 0.15) is 29.8 Å². The average molecular weight is 284 g/mol. The van der Waals surface area contributed by atoms with E-state index >= 15 is 0 Å². The Kier molecular flexibility index (Phi) is 5.04. The predicted octanol–water partition coefficient (Wildman–Crippen LogP) is 3.06. The number of para-hydroxylation sites is 1. The van der Waals surface area contributed by atoms with Gasteiger partial charge in [0.1, 0.15) is 11.3 Å². The fourth-order valence-electron chi connectivity index (χ4n) is 1.72. The molecule has 2 aromatic rings. The van der Waals surface area contributed by atoms with Gasteiger partial charge in [-0.15, -0.1) is 0 Å². The zero-order valence-electron chi connectivity index (χ0n) is 11.9. The van der Waals surface area contributed by atoms with Gasteiger partial charge in [-0.3, -0.25) is 4.98 Å². The molecular formula is C16H16N2O3. The van der Waals surface area contributed by atoms with Crippen molar-refractivity contribution in [1.29, 1.82) is 0 Å². The molecule has 0 aliphatic rings. The maximum atomic E-state index is 12.1. The molecule has 0 bridgehead atoms. The first-order valence-corrected chi connectivity index (χ1v) is 6.60. The minimum absolute atomic E-state index is 0.352. The molecule has 5 nitrogen and oxygen atoms in total. The highest BCUT2D eigenvalue weighted by molar-refractivity contribution is 5.99. The number of nitrogens with zero attached hydrogens (tertiary/aromatic N) is 2. The predicted molar refractivity (Wildman–Crippen MR) is 79.5 cm³/mol. The van der Waals surface area contributed by atoms with Crippen molar-refractivity contribution in [3.05, 3.63) is 59.9 Å². The maximum Gasteiger partial charge on any atom is 0.369 e. The molecule has 0 aliphatic carbocycles. The molecule has 0 atom stereocenters. The van der Waals surface area contributed by atoms with Crippen molar-refractivity contribution >= 4 is 11.7 Å². The maximum absolute atomic E-state index is 12.1. The summed E-state index contributed by atoms with van der Waals surface area (Å²) in [6, 6.07) is 10.5. The first-order valence-electron chi connectivity index (χ1n) is 6.60. The van der Waals surface area contributed by atoms with E-state index in [4.69, 9.17) is 9.57 Å². The number of ether oxygens (including phenoxy) is 1. The summed E-state index contributed by atoms with van der Waals surface area (Å²) in [4.78, 5) is 21.0. The smallest absolute Gasteiger partial charge is 0.369 e. The van der Waals surface area contributed by atoms with Crippen molar-refractivity contribution < 1.29 is 14.4 Å². The van der Waals surface area contributed by atoms with Gasteiger partial charge in [0, 0.05) is 18.0 Å². The Bertz CT molecular complexity index is 639. The Morgan fingerprint density at radius 1 is 1.19 bits per heavy atom. The summed E-state index contributed by atoms with van der Waals surface area (Å²) in [5, 5.41) is 3.86. The highest BCUT2D eigenvalue weighted by atomic mass is 16.7. The largest absolute Gasteiger partial charge is 0.493 e. The molecule has 1 aromatic heterocycles.